The molecule has 0 aliphatic carbocycles. The second-order valence-corrected chi connectivity index (χ2v) is 4.66. The van der Waals surface area contributed by atoms with E-state index in [0.29, 0.717) is 0 Å². The predicted molar refractivity (Wildman–Crippen MR) is 72.3 cm³/mol. The highest BCUT2D eigenvalue weighted by molar-refractivity contribution is 5.42. The second-order valence-electron chi connectivity index (χ2n) is 4.66. The van der Waals surface area contributed by atoms with Gasteiger partial charge in [-0.15, -0.1) is 0 Å². The lowest BCUT2D eigenvalue weighted by Crippen LogP contribution is -2.18. The smallest absolute Gasteiger partial charge is 0.0358 e. The first kappa shape index (κ1) is 12.8. The van der Waals surface area contributed by atoms with Crippen molar-refractivity contribution in [1.29, 1.82) is 0 Å². The van der Waals surface area contributed by atoms with Crippen LogP contribution in [0.25, 0.3) is 0 Å². The van der Waals surface area contributed by atoms with Gasteiger partial charge in [-0.05, 0) is 45.3 Å². The first-order valence-corrected chi connectivity index (χ1v) is 5.98. The minimum atomic E-state index is 1.08. The van der Waals surface area contributed by atoms with E-state index < -0.39 is 0 Å². The quantitative estimate of drug-likeness (QED) is 0.642. The fourth-order valence-electron chi connectivity index (χ4n) is 2.01. The molecule has 0 radical (unpaired) electrons. The molecule has 1 aliphatic heterocycles. The van der Waals surface area contributed by atoms with E-state index in [4.69, 9.17) is 0 Å². The number of rotatable bonds is 4. The molecule has 1 rings (SSSR count). The molecule has 0 spiro atoms. The Balaban J connectivity index is 3.00. The number of likely N-dealkylation sites (tertiary alicyclic amines) is 1. The molecule has 88 valence electrons. The maximum absolute atomic E-state index is 3.98. The zero-order valence-electron chi connectivity index (χ0n) is 10.8. The zero-order chi connectivity index (χ0) is 12.1. The molecule has 1 nitrogen and oxygen atoms in total. The van der Waals surface area contributed by atoms with Gasteiger partial charge >= 0.3 is 0 Å². The second kappa shape index (κ2) is 5.74. The highest BCUT2D eigenvalue weighted by atomic mass is 15.1. The van der Waals surface area contributed by atoms with Gasteiger partial charge in [-0.2, -0.15) is 0 Å². The topological polar surface area (TPSA) is 3.24 Å². The Morgan fingerprint density at radius 1 is 1.12 bits per heavy atom. The lowest BCUT2D eigenvalue weighted by Gasteiger charge is -2.21. The van der Waals surface area contributed by atoms with Crippen LogP contribution in [0, 0.1) is 0 Å². The molecule has 0 amide bonds. The molecule has 0 bridgehead atoms. The van der Waals surface area contributed by atoms with E-state index >= 15 is 0 Å². The van der Waals surface area contributed by atoms with Crippen molar-refractivity contribution in [3.05, 3.63) is 47.7 Å². The summed E-state index contributed by atoms with van der Waals surface area (Å²) in [5.41, 5.74) is 4.92. The van der Waals surface area contributed by atoms with Gasteiger partial charge in [0, 0.05) is 18.8 Å². The van der Waals surface area contributed by atoms with Crippen LogP contribution in [0.5, 0.6) is 0 Å². The summed E-state index contributed by atoms with van der Waals surface area (Å²) in [7, 11) is 0. The van der Waals surface area contributed by atoms with Crippen LogP contribution in [0.2, 0.25) is 0 Å². The van der Waals surface area contributed by atoms with Gasteiger partial charge in [0.1, 0.15) is 0 Å². The fraction of sp³-hybridized carbons (Fsp3) is 0.467. The Hall–Kier alpha value is -1.24. The Bertz CT molecular complexity index is 334. The van der Waals surface area contributed by atoms with E-state index in [1.807, 2.05) is 13.0 Å². The van der Waals surface area contributed by atoms with Crippen molar-refractivity contribution in [1.82, 2.24) is 4.90 Å². The lowest BCUT2D eigenvalue weighted by molar-refractivity contribution is 0.435. The summed E-state index contributed by atoms with van der Waals surface area (Å²) in [4.78, 5) is 2.46. The Morgan fingerprint density at radius 3 is 2.06 bits per heavy atom. The molecule has 0 aromatic rings. The summed E-state index contributed by atoms with van der Waals surface area (Å²) < 4.78 is 0. The first-order valence-electron chi connectivity index (χ1n) is 5.98. The van der Waals surface area contributed by atoms with E-state index in [2.05, 4.69) is 38.0 Å². The van der Waals surface area contributed by atoms with Crippen LogP contribution >= 0.6 is 0 Å². The molecular weight excluding hydrogens is 194 g/mol. The number of allylic oxidation sites excluding steroid dienone is 5. The van der Waals surface area contributed by atoms with E-state index in [0.717, 1.165) is 11.1 Å². The van der Waals surface area contributed by atoms with Gasteiger partial charge in [0.05, 0.1) is 0 Å². The molecule has 0 aromatic heterocycles. The Labute approximate surface area is 99.8 Å². The van der Waals surface area contributed by atoms with Gasteiger partial charge in [-0.3, -0.25) is 0 Å². The SMILES string of the molecule is C=C/C(=C\C(=C(C)C)N1CCCC1)C(=C)C. The third kappa shape index (κ3) is 3.13. The lowest BCUT2D eigenvalue weighted by atomic mass is 10.1. The molecule has 1 heterocycles. The summed E-state index contributed by atoms with van der Waals surface area (Å²) in [6.45, 7) is 16.6. The highest BCUT2D eigenvalue weighted by Gasteiger charge is 2.14. The predicted octanol–water partition coefficient (Wildman–Crippen LogP) is 4.06. The summed E-state index contributed by atoms with van der Waals surface area (Å²) >= 11 is 0. The molecule has 0 aromatic carbocycles. The molecule has 0 N–H and O–H groups in total. The largest absolute Gasteiger partial charge is 0.372 e. The third-order valence-corrected chi connectivity index (χ3v) is 2.96. The van der Waals surface area contributed by atoms with Crippen LogP contribution < -0.4 is 0 Å². The standard InChI is InChI=1S/C15H23N/c1-6-14(12(2)3)11-15(13(4)5)16-9-7-8-10-16/h6,11H,1-2,7-10H2,3-5H3/b14-11+. The average Bonchev–Trinajstić information content (AvgIpc) is 2.71. The van der Waals surface area contributed by atoms with Crippen molar-refractivity contribution in [2.45, 2.75) is 33.6 Å². The minimum Gasteiger partial charge on any atom is -0.372 e. The van der Waals surface area contributed by atoms with Crippen LogP contribution in [-0.2, 0) is 0 Å². The monoisotopic (exact) mass is 217 g/mol. The van der Waals surface area contributed by atoms with E-state index in [-0.39, 0.29) is 0 Å². The van der Waals surface area contributed by atoms with E-state index in [9.17, 15) is 0 Å². The summed E-state index contributed by atoms with van der Waals surface area (Å²) in [6.07, 6.45) is 6.72. The van der Waals surface area contributed by atoms with Gasteiger partial charge in [-0.1, -0.05) is 30.4 Å². The molecule has 16 heavy (non-hydrogen) atoms. The molecule has 0 atom stereocenters. The molecule has 1 aliphatic rings. The first-order chi connectivity index (χ1) is 7.56. The minimum absolute atomic E-state index is 1.08. The average molecular weight is 217 g/mol. The van der Waals surface area contributed by atoms with Crippen molar-refractivity contribution in [2.24, 2.45) is 0 Å². The van der Waals surface area contributed by atoms with Crippen LogP contribution in [0.4, 0.5) is 0 Å². The maximum atomic E-state index is 3.98. The van der Waals surface area contributed by atoms with Crippen molar-refractivity contribution >= 4 is 0 Å². The number of nitrogens with zero attached hydrogens (tertiary/aromatic N) is 1. The maximum Gasteiger partial charge on any atom is 0.0358 e. The number of hydrogen-bond donors (Lipinski definition) is 0. The van der Waals surface area contributed by atoms with E-state index in [1.54, 1.807) is 0 Å². The third-order valence-electron chi connectivity index (χ3n) is 2.96. The molecule has 1 fully saturated rings. The van der Waals surface area contributed by atoms with Crippen LogP contribution in [0.3, 0.4) is 0 Å². The van der Waals surface area contributed by atoms with Crippen LogP contribution in [0.15, 0.2) is 47.7 Å². The summed E-state index contributed by atoms with van der Waals surface area (Å²) in [6, 6.07) is 0. The van der Waals surface area contributed by atoms with Gasteiger partial charge in [0.15, 0.2) is 0 Å². The normalized spacial score (nSPS) is 16.2. The van der Waals surface area contributed by atoms with Gasteiger partial charge in [0.25, 0.3) is 0 Å². The van der Waals surface area contributed by atoms with Crippen molar-refractivity contribution < 1.29 is 0 Å². The van der Waals surface area contributed by atoms with Crippen molar-refractivity contribution in [3.8, 4) is 0 Å². The highest BCUT2D eigenvalue weighted by Crippen LogP contribution is 2.22. The molecule has 0 unspecified atom stereocenters. The Morgan fingerprint density at radius 2 is 1.69 bits per heavy atom. The number of hydrogen-bond acceptors (Lipinski definition) is 1. The molecule has 1 heteroatoms. The van der Waals surface area contributed by atoms with Gasteiger partial charge < -0.3 is 4.90 Å². The van der Waals surface area contributed by atoms with Gasteiger partial charge in [0.2, 0.25) is 0 Å². The van der Waals surface area contributed by atoms with Crippen LogP contribution in [-0.4, -0.2) is 18.0 Å². The molecule has 0 saturated carbocycles. The summed E-state index contributed by atoms with van der Waals surface area (Å²) in [5.74, 6) is 0. The Kier molecular flexibility index (Phi) is 4.60. The van der Waals surface area contributed by atoms with Crippen molar-refractivity contribution in [2.75, 3.05) is 13.1 Å². The van der Waals surface area contributed by atoms with Crippen LogP contribution in [0.1, 0.15) is 33.6 Å². The van der Waals surface area contributed by atoms with Gasteiger partial charge in [-0.25, -0.2) is 0 Å². The molecular formula is C15H23N. The molecule has 1 saturated heterocycles. The van der Waals surface area contributed by atoms with Crippen molar-refractivity contribution in [3.63, 3.8) is 0 Å². The summed E-state index contributed by atoms with van der Waals surface area (Å²) in [5, 5.41) is 0. The van der Waals surface area contributed by atoms with E-state index in [1.165, 1.54) is 37.2 Å². The fourth-order valence-corrected chi connectivity index (χ4v) is 2.01. The zero-order valence-corrected chi connectivity index (χ0v) is 10.8.